The predicted octanol–water partition coefficient (Wildman–Crippen LogP) is 4.13. The molecule has 3 rings (SSSR count). The van der Waals surface area contributed by atoms with Gasteiger partial charge in [0.05, 0.1) is 0 Å². The summed E-state index contributed by atoms with van der Waals surface area (Å²) < 4.78 is 46.9. The lowest BCUT2D eigenvalue weighted by atomic mass is 10.1. The number of hydrogen-bond donors (Lipinski definition) is 1. The number of carbonyl (C=O) groups excluding carboxylic acids is 1. The number of hydrogen-bond acceptors (Lipinski definition) is 4. The lowest BCUT2D eigenvalue weighted by Gasteiger charge is -2.25. The molecule has 1 fully saturated rings. The smallest absolute Gasteiger partial charge is 0.492 e. The third kappa shape index (κ3) is 6.95. The fraction of sp³-hybridized carbons (Fsp3) is 0.409. The molecule has 0 spiro atoms. The zero-order chi connectivity index (χ0) is 21.4. The first kappa shape index (κ1) is 22.0. The van der Waals surface area contributed by atoms with Crippen LogP contribution in [-0.2, 0) is 11.3 Å². The second-order valence-corrected chi connectivity index (χ2v) is 7.11. The molecule has 0 radical (unpaired) electrons. The second kappa shape index (κ2) is 10.3. The zero-order valence-electron chi connectivity index (χ0n) is 16.5. The Kier molecular flexibility index (Phi) is 7.57. The van der Waals surface area contributed by atoms with Gasteiger partial charge in [0.1, 0.15) is 18.1 Å². The lowest BCUT2D eigenvalue weighted by Crippen LogP contribution is -2.35. The summed E-state index contributed by atoms with van der Waals surface area (Å²) in [6.07, 6.45) is -2.75. The van der Waals surface area contributed by atoms with E-state index in [0.29, 0.717) is 25.1 Å². The molecule has 5 nitrogen and oxygen atoms in total. The maximum Gasteiger partial charge on any atom is 0.573 e. The average Bonchev–Trinajstić information content (AvgIpc) is 3.04. The molecule has 30 heavy (non-hydrogen) atoms. The Bertz CT molecular complexity index is 815. The molecule has 1 atom stereocenters. The quantitative estimate of drug-likeness (QED) is 0.585. The molecular weight excluding hydrogens is 397 g/mol. The molecule has 1 amide bonds. The Labute approximate surface area is 173 Å². The van der Waals surface area contributed by atoms with Gasteiger partial charge in [-0.1, -0.05) is 30.3 Å². The van der Waals surface area contributed by atoms with Gasteiger partial charge in [-0.2, -0.15) is 0 Å². The molecule has 1 saturated heterocycles. The molecule has 0 aliphatic carbocycles. The summed E-state index contributed by atoms with van der Waals surface area (Å²) in [7, 11) is 0. The first-order valence-electron chi connectivity index (χ1n) is 9.93. The van der Waals surface area contributed by atoms with Crippen molar-refractivity contribution in [3.05, 3.63) is 60.2 Å². The van der Waals surface area contributed by atoms with Crippen LogP contribution in [0.1, 0.15) is 24.8 Å². The van der Waals surface area contributed by atoms with Crippen molar-refractivity contribution in [1.29, 1.82) is 0 Å². The number of halogens is 3. The van der Waals surface area contributed by atoms with Crippen LogP contribution in [0.15, 0.2) is 54.6 Å². The van der Waals surface area contributed by atoms with Crippen molar-refractivity contribution in [2.75, 3.05) is 19.7 Å². The van der Waals surface area contributed by atoms with Gasteiger partial charge in [0.25, 0.3) is 0 Å². The van der Waals surface area contributed by atoms with E-state index in [0.717, 1.165) is 25.1 Å². The van der Waals surface area contributed by atoms with Gasteiger partial charge in [-0.3, -0.25) is 4.79 Å². The van der Waals surface area contributed by atoms with E-state index in [2.05, 4.69) is 10.1 Å². The summed E-state index contributed by atoms with van der Waals surface area (Å²) in [6, 6.07) is 15.4. The molecule has 0 aromatic heterocycles. The topological polar surface area (TPSA) is 50.8 Å². The molecule has 1 heterocycles. The number of rotatable bonds is 10. The van der Waals surface area contributed by atoms with Crippen LogP contribution in [0.4, 0.5) is 13.2 Å². The van der Waals surface area contributed by atoms with Crippen LogP contribution in [0.2, 0.25) is 0 Å². The van der Waals surface area contributed by atoms with E-state index >= 15 is 0 Å². The Morgan fingerprint density at radius 3 is 2.57 bits per heavy atom. The summed E-state index contributed by atoms with van der Waals surface area (Å²) >= 11 is 0. The van der Waals surface area contributed by atoms with Crippen molar-refractivity contribution in [3.63, 3.8) is 0 Å². The van der Waals surface area contributed by atoms with Gasteiger partial charge in [0, 0.05) is 25.6 Å². The molecule has 0 saturated carbocycles. The molecule has 0 unspecified atom stereocenters. The number of nitrogens with zero attached hydrogens (tertiary/aromatic N) is 1. The minimum absolute atomic E-state index is 0.0227. The molecule has 0 bridgehead atoms. The molecule has 1 N–H and O–H groups in total. The highest BCUT2D eigenvalue weighted by Gasteiger charge is 2.32. The van der Waals surface area contributed by atoms with Crippen molar-refractivity contribution in [2.45, 2.75) is 38.2 Å². The molecule has 1 aliphatic heterocycles. The third-order valence-corrected chi connectivity index (χ3v) is 4.88. The summed E-state index contributed by atoms with van der Waals surface area (Å²) in [5.41, 5.74) is 0.612. The Balaban J connectivity index is 1.43. The molecular formula is C22H25F3N2O3. The van der Waals surface area contributed by atoms with Gasteiger partial charge in [-0.25, -0.2) is 0 Å². The van der Waals surface area contributed by atoms with E-state index in [-0.39, 0.29) is 24.2 Å². The fourth-order valence-electron chi connectivity index (χ4n) is 3.50. The van der Waals surface area contributed by atoms with Crippen molar-refractivity contribution in [3.8, 4) is 11.5 Å². The summed E-state index contributed by atoms with van der Waals surface area (Å²) in [6.45, 7) is 2.23. The van der Waals surface area contributed by atoms with Gasteiger partial charge >= 0.3 is 6.36 Å². The van der Waals surface area contributed by atoms with Gasteiger partial charge in [0.2, 0.25) is 5.91 Å². The van der Waals surface area contributed by atoms with Crippen LogP contribution in [-0.4, -0.2) is 42.9 Å². The number of alkyl halides is 3. The highest BCUT2D eigenvalue weighted by atomic mass is 19.4. The van der Waals surface area contributed by atoms with Crippen LogP contribution >= 0.6 is 0 Å². The summed E-state index contributed by atoms with van der Waals surface area (Å²) in [5.74, 6) is 0.571. The maximum atomic E-state index is 12.4. The highest BCUT2D eigenvalue weighted by molar-refractivity contribution is 5.78. The number of amides is 1. The summed E-state index contributed by atoms with van der Waals surface area (Å²) in [5, 5.41) is 3.31. The first-order valence-corrected chi connectivity index (χ1v) is 9.93. The van der Waals surface area contributed by atoms with Gasteiger partial charge in [-0.15, -0.1) is 13.2 Å². The zero-order valence-corrected chi connectivity index (χ0v) is 16.5. The van der Waals surface area contributed by atoms with E-state index in [1.54, 1.807) is 11.0 Å². The lowest BCUT2D eigenvalue weighted by molar-refractivity contribution is -0.274. The van der Waals surface area contributed by atoms with E-state index in [1.165, 1.54) is 18.2 Å². The number of nitrogens with one attached hydrogen (secondary N) is 1. The number of likely N-dealkylation sites (tertiary alicyclic amines) is 1. The van der Waals surface area contributed by atoms with E-state index < -0.39 is 6.36 Å². The number of benzene rings is 2. The minimum atomic E-state index is -4.74. The Morgan fingerprint density at radius 2 is 1.80 bits per heavy atom. The van der Waals surface area contributed by atoms with E-state index in [1.807, 2.05) is 30.3 Å². The monoisotopic (exact) mass is 422 g/mol. The predicted molar refractivity (Wildman–Crippen MR) is 106 cm³/mol. The van der Waals surface area contributed by atoms with Crippen molar-refractivity contribution >= 4 is 5.91 Å². The molecule has 2 aromatic rings. The Morgan fingerprint density at radius 1 is 1.03 bits per heavy atom. The number of ether oxygens (including phenoxy) is 2. The van der Waals surface area contributed by atoms with Crippen molar-refractivity contribution in [1.82, 2.24) is 10.2 Å². The van der Waals surface area contributed by atoms with Crippen molar-refractivity contribution < 1.29 is 27.4 Å². The van der Waals surface area contributed by atoms with E-state index in [4.69, 9.17) is 4.74 Å². The number of carbonyl (C=O) groups is 1. The molecule has 8 heteroatoms. The van der Waals surface area contributed by atoms with Crippen LogP contribution in [0.3, 0.4) is 0 Å². The largest absolute Gasteiger partial charge is 0.573 e. The molecule has 2 aromatic carbocycles. The fourth-order valence-corrected chi connectivity index (χ4v) is 3.50. The van der Waals surface area contributed by atoms with Crippen LogP contribution in [0.25, 0.3) is 0 Å². The first-order chi connectivity index (χ1) is 14.4. The molecule has 1 aliphatic rings. The van der Waals surface area contributed by atoms with Crippen LogP contribution < -0.4 is 14.8 Å². The van der Waals surface area contributed by atoms with Crippen molar-refractivity contribution in [2.24, 2.45) is 0 Å². The van der Waals surface area contributed by atoms with Gasteiger partial charge in [-0.05, 0) is 49.2 Å². The third-order valence-electron chi connectivity index (χ3n) is 4.88. The minimum Gasteiger partial charge on any atom is -0.492 e. The Hall–Kier alpha value is -2.74. The SMILES string of the molecule is O=C1CC[C@@H](CCNCCOc2ccccc2)N1Cc1cccc(OC(F)(F)F)c1. The van der Waals surface area contributed by atoms with Gasteiger partial charge < -0.3 is 19.7 Å². The maximum absolute atomic E-state index is 12.4. The van der Waals surface area contributed by atoms with Crippen LogP contribution in [0.5, 0.6) is 11.5 Å². The molecule has 162 valence electrons. The second-order valence-electron chi connectivity index (χ2n) is 7.11. The number of para-hydroxylation sites is 1. The summed E-state index contributed by atoms with van der Waals surface area (Å²) in [4.78, 5) is 14.0. The van der Waals surface area contributed by atoms with Crippen LogP contribution in [0, 0.1) is 0 Å². The standard InChI is InChI=1S/C22H25F3N2O3/c23-22(24,25)30-20-8-4-5-17(15-20)16-27-18(9-10-21(27)28)11-12-26-13-14-29-19-6-2-1-3-7-19/h1-8,15,18,26H,9-14,16H2/t18-/m0/s1. The average molecular weight is 422 g/mol. The van der Waals surface area contributed by atoms with E-state index in [9.17, 15) is 18.0 Å². The van der Waals surface area contributed by atoms with Gasteiger partial charge in [0.15, 0.2) is 0 Å². The normalized spacial score (nSPS) is 16.7. The highest BCUT2D eigenvalue weighted by Crippen LogP contribution is 2.27.